The van der Waals surface area contributed by atoms with Gasteiger partial charge in [0.2, 0.25) is 5.96 Å². The molecule has 0 aliphatic carbocycles. The molecule has 5 N–H and O–H groups in total. The molecule has 2 rings (SSSR count). The number of benzene rings is 2. The van der Waals surface area contributed by atoms with Gasteiger partial charge in [0.25, 0.3) is 0 Å². The second kappa shape index (κ2) is 9.41. The molecule has 0 fully saturated rings. The van der Waals surface area contributed by atoms with Crippen LogP contribution in [0.15, 0.2) is 65.7 Å². The lowest BCUT2D eigenvalue weighted by Crippen LogP contribution is -2.40. The van der Waals surface area contributed by atoms with Gasteiger partial charge < -0.3 is 11.1 Å². The molecule has 0 bridgehead atoms. The Labute approximate surface area is 136 Å². The fourth-order valence-corrected chi connectivity index (χ4v) is 1.84. The molecule has 0 amide bonds. The summed E-state index contributed by atoms with van der Waals surface area (Å²) in [6.07, 6.45) is 0.834. The molecule has 116 valence electrons. The molecule has 5 nitrogen and oxygen atoms in total. The van der Waals surface area contributed by atoms with Gasteiger partial charge in [0, 0.05) is 12.2 Å². The van der Waals surface area contributed by atoms with Crippen molar-refractivity contribution >= 4 is 30.0 Å². The molecule has 6 heteroatoms. The molecule has 0 heterocycles. The summed E-state index contributed by atoms with van der Waals surface area (Å²) in [5, 5.41) is 13.2. The molecular formula is C16H20ClN5. The Hall–Kier alpha value is -2.53. The summed E-state index contributed by atoms with van der Waals surface area (Å²) in [5.74, 6) is 0.335. The second-order valence-corrected chi connectivity index (χ2v) is 4.50. The molecular weight excluding hydrogens is 298 g/mol. The molecule has 2 aromatic carbocycles. The van der Waals surface area contributed by atoms with Crippen LogP contribution in [0.5, 0.6) is 0 Å². The van der Waals surface area contributed by atoms with Crippen molar-refractivity contribution in [3.05, 3.63) is 66.2 Å². The van der Waals surface area contributed by atoms with Crippen molar-refractivity contribution in [1.29, 1.82) is 5.41 Å². The topological polar surface area (TPSA) is 86.3 Å². The number of nitrogens with one attached hydrogen (secondary N) is 3. The first kappa shape index (κ1) is 17.5. The van der Waals surface area contributed by atoms with Crippen LogP contribution >= 0.6 is 12.4 Å². The lowest BCUT2D eigenvalue weighted by molar-refractivity contribution is 0.958. The minimum atomic E-state index is -0.142. The SMILES string of the molecule is Cl.N=C(N)NC(=NCCc1ccccc1)Nc1ccccc1. The van der Waals surface area contributed by atoms with Gasteiger partial charge >= 0.3 is 0 Å². The van der Waals surface area contributed by atoms with Gasteiger partial charge in [-0.2, -0.15) is 0 Å². The number of nitrogens with two attached hydrogens (primary N) is 1. The molecule has 22 heavy (non-hydrogen) atoms. The molecule has 0 aliphatic heterocycles. The van der Waals surface area contributed by atoms with Crippen LogP contribution < -0.4 is 16.4 Å². The van der Waals surface area contributed by atoms with Crippen LogP contribution in [0.1, 0.15) is 5.56 Å². The predicted octanol–water partition coefficient (Wildman–Crippen LogP) is 2.60. The summed E-state index contributed by atoms with van der Waals surface area (Å²) >= 11 is 0. The van der Waals surface area contributed by atoms with E-state index in [-0.39, 0.29) is 18.4 Å². The monoisotopic (exact) mass is 317 g/mol. The Kier molecular flexibility index (Phi) is 7.50. The van der Waals surface area contributed by atoms with E-state index in [4.69, 9.17) is 11.1 Å². The average molecular weight is 318 g/mol. The van der Waals surface area contributed by atoms with E-state index < -0.39 is 0 Å². The summed E-state index contributed by atoms with van der Waals surface area (Å²) in [6, 6.07) is 19.8. The quantitative estimate of drug-likeness (QED) is 0.516. The maximum absolute atomic E-state index is 7.34. The minimum absolute atomic E-state index is 0. The fraction of sp³-hybridized carbons (Fsp3) is 0.125. The number of guanidine groups is 2. The van der Waals surface area contributed by atoms with Gasteiger partial charge in [0.1, 0.15) is 0 Å². The number of aliphatic imine (C=N–C) groups is 1. The van der Waals surface area contributed by atoms with Crippen LogP contribution in [-0.4, -0.2) is 18.5 Å². The van der Waals surface area contributed by atoms with E-state index in [0.29, 0.717) is 12.5 Å². The van der Waals surface area contributed by atoms with Crippen molar-refractivity contribution in [1.82, 2.24) is 5.32 Å². The van der Waals surface area contributed by atoms with E-state index in [1.54, 1.807) is 0 Å². The van der Waals surface area contributed by atoms with Crippen LogP contribution in [0.3, 0.4) is 0 Å². The summed E-state index contributed by atoms with van der Waals surface area (Å²) in [6.45, 7) is 0.611. The third-order valence-electron chi connectivity index (χ3n) is 2.80. The van der Waals surface area contributed by atoms with Crippen molar-refractivity contribution in [2.75, 3.05) is 11.9 Å². The number of hydrogen-bond acceptors (Lipinski definition) is 2. The maximum Gasteiger partial charge on any atom is 0.202 e. The molecule has 0 atom stereocenters. The Morgan fingerprint density at radius 1 is 1.00 bits per heavy atom. The van der Waals surface area contributed by atoms with Crippen LogP contribution in [0.2, 0.25) is 0 Å². The lowest BCUT2D eigenvalue weighted by Gasteiger charge is -2.11. The highest BCUT2D eigenvalue weighted by atomic mass is 35.5. The normalized spacial score (nSPS) is 10.5. The highest BCUT2D eigenvalue weighted by Crippen LogP contribution is 2.05. The number of halogens is 1. The van der Waals surface area contributed by atoms with Gasteiger partial charge in [-0.05, 0) is 24.1 Å². The number of anilines is 1. The smallest absolute Gasteiger partial charge is 0.202 e. The first-order chi connectivity index (χ1) is 10.2. The first-order valence-electron chi connectivity index (χ1n) is 6.75. The largest absolute Gasteiger partial charge is 0.370 e. The Morgan fingerprint density at radius 3 is 2.18 bits per heavy atom. The first-order valence-corrected chi connectivity index (χ1v) is 6.75. The Bertz CT molecular complexity index is 598. The minimum Gasteiger partial charge on any atom is -0.370 e. The molecule has 0 unspecified atom stereocenters. The summed E-state index contributed by atoms with van der Waals surface area (Å²) in [7, 11) is 0. The number of hydrogen-bond donors (Lipinski definition) is 4. The van der Waals surface area contributed by atoms with Crippen molar-refractivity contribution in [2.24, 2.45) is 10.7 Å². The zero-order valence-corrected chi connectivity index (χ0v) is 12.9. The van der Waals surface area contributed by atoms with E-state index in [9.17, 15) is 0 Å². The molecule has 2 aromatic rings. The highest BCUT2D eigenvalue weighted by molar-refractivity contribution is 6.03. The van der Waals surface area contributed by atoms with E-state index in [0.717, 1.165) is 12.1 Å². The van der Waals surface area contributed by atoms with Crippen molar-refractivity contribution < 1.29 is 0 Å². The molecule has 0 spiro atoms. The lowest BCUT2D eigenvalue weighted by atomic mass is 10.2. The molecule has 0 saturated carbocycles. The van der Waals surface area contributed by atoms with E-state index >= 15 is 0 Å². The van der Waals surface area contributed by atoms with Crippen LogP contribution in [0.25, 0.3) is 0 Å². The zero-order chi connectivity index (χ0) is 14.9. The van der Waals surface area contributed by atoms with Gasteiger partial charge in [-0.25, -0.2) is 0 Å². The van der Waals surface area contributed by atoms with Crippen LogP contribution in [0.4, 0.5) is 5.69 Å². The standard InChI is InChI=1S/C16H19N5.ClH/c17-15(18)21-16(20-14-9-5-2-6-10-14)19-12-11-13-7-3-1-4-8-13;/h1-10H,11-12H2,(H5,17,18,19,20,21);1H. The molecule has 0 saturated heterocycles. The molecule has 0 radical (unpaired) electrons. The Morgan fingerprint density at radius 2 is 1.59 bits per heavy atom. The van der Waals surface area contributed by atoms with Gasteiger partial charge in [0.05, 0.1) is 0 Å². The van der Waals surface area contributed by atoms with Crippen LogP contribution in [-0.2, 0) is 6.42 Å². The van der Waals surface area contributed by atoms with E-state index in [1.807, 2.05) is 48.5 Å². The fourth-order valence-electron chi connectivity index (χ4n) is 1.84. The van der Waals surface area contributed by atoms with Crippen molar-refractivity contribution in [3.8, 4) is 0 Å². The summed E-state index contributed by atoms with van der Waals surface area (Å²) < 4.78 is 0. The van der Waals surface area contributed by atoms with E-state index in [1.165, 1.54) is 5.56 Å². The predicted molar refractivity (Wildman–Crippen MR) is 94.8 cm³/mol. The van der Waals surface area contributed by atoms with Gasteiger partial charge in [-0.15, -0.1) is 12.4 Å². The van der Waals surface area contributed by atoms with Crippen molar-refractivity contribution in [3.63, 3.8) is 0 Å². The van der Waals surface area contributed by atoms with Crippen LogP contribution in [0, 0.1) is 5.41 Å². The van der Waals surface area contributed by atoms with E-state index in [2.05, 4.69) is 27.8 Å². The summed E-state index contributed by atoms with van der Waals surface area (Å²) in [4.78, 5) is 4.43. The third kappa shape index (κ3) is 6.28. The summed E-state index contributed by atoms with van der Waals surface area (Å²) in [5.41, 5.74) is 7.50. The maximum atomic E-state index is 7.34. The van der Waals surface area contributed by atoms with Crippen molar-refractivity contribution in [2.45, 2.75) is 6.42 Å². The number of nitrogens with zero attached hydrogens (tertiary/aromatic N) is 1. The Balaban J connectivity index is 0.00000242. The zero-order valence-electron chi connectivity index (χ0n) is 12.1. The second-order valence-electron chi connectivity index (χ2n) is 4.50. The molecule has 0 aliphatic rings. The number of rotatable bonds is 4. The average Bonchev–Trinajstić information content (AvgIpc) is 2.49. The third-order valence-corrected chi connectivity index (χ3v) is 2.80. The molecule has 0 aromatic heterocycles. The highest BCUT2D eigenvalue weighted by Gasteiger charge is 2.00. The number of para-hydroxylation sites is 1. The van der Waals surface area contributed by atoms with Gasteiger partial charge in [-0.1, -0.05) is 48.5 Å². The van der Waals surface area contributed by atoms with Gasteiger partial charge in [0.15, 0.2) is 5.96 Å². The van der Waals surface area contributed by atoms with Gasteiger partial charge in [-0.3, -0.25) is 15.7 Å².